The molecule has 3 heterocycles. The van der Waals surface area contributed by atoms with Gasteiger partial charge in [-0.25, -0.2) is 4.39 Å². The molecule has 12 heteroatoms. The first-order valence-electron chi connectivity index (χ1n) is 10.1. The van der Waals surface area contributed by atoms with Gasteiger partial charge in [0.05, 0.1) is 23.0 Å². The van der Waals surface area contributed by atoms with E-state index in [4.69, 9.17) is 13.7 Å². The number of nitrogens with one attached hydrogen (secondary N) is 1. The van der Waals surface area contributed by atoms with Crippen LogP contribution in [0.1, 0.15) is 10.4 Å². The van der Waals surface area contributed by atoms with E-state index in [1.54, 1.807) is 0 Å². The van der Waals surface area contributed by atoms with Gasteiger partial charge in [0.2, 0.25) is 5.96 Å². The summed E-state index contributed by atoms with van der Waals surface area (Å²) in [5, 5.41) is 9.31. The van der Waals surface area contributed by atoms with Crippen molar-refractivity contribution in [2.24, 2.45) is 16.0 Å². The number of hydrazone groups is 2. The molecule has 2 radical (unpaired) electrons. The Bertz CT molecular complexity index is 1240. The van der Waals surface area contributed by atoms with Crippen molar-refractivity contribution in [3.63, 3.8) is 0 Å². The fourth-order valence-electron chi connectivity index (χ4n) is 3.78. The molecule has 10 nitrogen and oxygen atoms in total. The maximum Gasteiger partial charge on any atom is 0.295 e. The first-order valence-corrected chi connectivity index (χ1v) is 10.1. The molecule has 1 fully saturated rings. The SMILES string of the molecule is [B]c1ncc(F)c2c(C(=O)C(=O)N3CCN(/C(=N/N)N(N=C)c4ccccc4)CC3)c[nH]c12. The second kappa shape index (κ2) is 9.11. The number of para-hydroxylation sites is 1. The first-order chi connectivity index (χ1) is 16.0. The predicted molar refractivity (Wildman–Crippen MR) is 124 cm³/mol. The fourth-order valence-corrected chi connectivity index (χ4v) is 3.78. The molecule has 4 rings (SSSR count). The summed E-state index contributed by atoms with van der Waals surface area (Å²) in [5.74, 6) is 3.69. The van der Waals surface area contributed by atoms with Gasteiger partial charge in [0.15, 0.2) is 5.82 Å². The molecule has 0 unspecified atom stereocenters. The zero-order valence-electron chi connectivity index (χ0n) is 17.6. The summed E-state index contributed by atoms with van der Waals surface area (Å²) >= 11 is 0. The Hall–Kier alpha value is -4.22. The van der Waals surface area contributed by atoms with E-state index in [-0.39, 0.29) is 35.1 Å². The number of aromatic nitrogens is 2. The Kier molecular flexibility index (Phi) is 6.07. The number of hydrogen-bond acceptors (Lipinski definition) is 6. The van der Waals surface area contributed by atoms with Crippen LogP contribution in [0.4, 0.5) is 10.1 Å². The molecule has 1 aromatic carbocycles. The van der Waals surface area contributed by atoms with Crippen molar-refractivity contribution in [3.05, 3.63) is 54.1 Å². The summed E-state index contributed by atoms with van der Waals surface area (Å²) in [6, 6.07) is 9.24. The van der Waals surface area contributed by atoms with Gasteiger partial charge in [-0.2, -0.15) is 10.1 Å². The van der Waals surface area contributed by atoms with E-state index < -0.39 is 17.5 Å². The molecule has 166 valence electrons. The van der Waals surface area contributed by atoms with Crippen molar-refractivity contribution in [1.29, 1.82) is 0 Å². The molecule has 0 saturated carbocycles. The van der Waals surface area contributed by atoms with Crippen LogP contribution in [0.25, 0.3) is 10.9 Å². The Morgan fingerprint density at radius 2 is 1.85 bits per heavy atom. The predicted octanol–water partition coefficient (Wildman–Crippen LogP) is 0.175. The molecule has 1 saturated heterocycles. The van der Waals surface area contributed by atoms with Gasteiger partial charge in [0.25, 0.3) is 11.7 Å². The number of guanidine groups is 1. The quantitative estimate of drug-likeness (QED) is 0.112. The molecular formula is C21H20BFN8O2. The lowest BCUT2D eigenvalue weighted by Crippen LogP contribution is -2.55. The van der Waals surface area contributed by atoms with E-state index >= 15 is 0 Å². The zero-order chi connectivity index (χ0) is 23.5. The van der Waals surface area contributed by atoms with Gasteiger partial charge in [-0.15, -0.1) is 5.10 Å². The second-order valence-corrected chi connectivity index (χ2v) is 7.27. The lowest BCUT2D eigenvalue weighted by atomic mass is 9.99. The van der Waals surface area contributed by atoms with E-state index in [1.807, 2.05) is 35.2 Å². The summed E-state index contributed by atoms with van der Waals surface area (Å²) < 4.78 is 14.3. The van der Waals surface area contributed by atoms with E-state index in [9.17, 15) is 14.0 Å². The van der Waals surface area contributed by atoms with Crippen LogP contribution in [-0.4, -0.2) is 78.2 Å². The summed E-state index contributed by atoms with van der Waals surface area (Å²) in [6.07, 6.45) is 2.19. The number of anilines is 1. The van der Waals surface area contributed by atoms with Crippen molar-refractivity contribution in [1.82, 2.24) is 19.8 Å². The monoisotopic (exact) mass is 446 g/mol. The molecule has 1 aliphatic rings. The van der Waals surface area contributed by atoms with Crippen LogP contribution in [0.2, 0.25) is 0 Å². The molecule has 0 spiro atoms. The highest BCUT2D eigenvalue weighted by atomic mass is 19.1. The van der Waals surface area contributed by atoms with Crippen LogP contribution >= 0.6 is 0 Å². The van der Waals surface area contributed by atoms with Gasteiger partial charge in [-0.1, -0.05) is 18.2 Å². The number of piperazine rings is 1. The number of nitrogens with zero attached hydrogens (tertiary/aromatic N) is 6. The second-order valence-electron chi connectivity index (χ2n) is 7.27. The average Bonchev–Trinajstić information content (AvgIpc) is 3.31. The molecule has 3 aromatic rings. The van der Waals surface area contributed by atoms with Crippen molar-refractivity contribution in [2.75, 3.05) is 31.2 Å². The Balaban J connectivity index is 1.48. The number of amides is 1. The van der Waals surface area contributed by atoms with Gasteiger partial charge in [0, 0.05) is 50.1 Å². The fraction of sp³-hybridized carbons (Fsp3) is 0.190. The Morgan fingerprint density at radius 3 is 2.48 bits per heavy atom. The molecule has 0 atom stereocenters. The minimum absolute atomic E-state index is 0.0407. The highest BCUT2D eigenvalue weighted by Crippen LogP contribution is 2.21. The molecule has 3 N–H and O–H groups in total. The van der Waals surface area contributed by atoms with Crippen LogP contribution in [-0.2, 0) is 4.79 Å². The summed E-state index contributed by atoms with van der Waals surface area (Å²) in [5.41, 5.74) is 0.858. The zero-order valence-corrected chi connectivity index (χ0v) is 17.6. The molecule has 33 heavy (non-hydrogen) atoms. The number of halogens is 1. The third-order valence-corrected chi connectivity index (χ3v) is 5.43. The molecule has 1 amide bonds. The number of nitrogens with two attached hydrogens (primary N) is 1. The lowest BCUT2D eigenvalue weighted by Gasteiger charge is -2.37. The number of pyridine rings is 1. The van der Waals surface area contributed by atoms with Crippen LogP contribution in [0.5, 0.6) is 0 Å². The number of fused-ring (bicyclic) bond motifs is 1. The van der Waals surface area contributed by atoms with Crippen molar-refractivity contribution in [3.8, 4) is 0 Å². The number of ketones is 1. The van der Waals surface area contributed by atoms with Gasteiger partial charge in [0.1, 0.15) is 7.85 Å². The van der Waals surface area contributed by atoms with Gasteiger partial charge < -0.3 is 20.6 Å². The number of hydrogen-bond donors (Lipinski definition) is 2. The van der Waals surface area contributed by atoms with Crippen LogP contribution in [0.3, 0.4) is 0 Å². The van der Waals surface area contributed by atoms with Gasteiger partial charge >= 0.3 is 0 Å². The number of Topliss-reactive ketones (excluding diaryl/α,β-unsaturated/α-hetero) is 1. The van der Waals surface area contributed by atoms with Crippen LogP contribution in [0.15, 0.2) is 52.9 Å². The van der Waals surface area contributed by atoms with Crippen LogP contribution in [0, 0.1) is 5.82 Å². The minimum Gasteiger partial charge on any atom is -0.360 e. The average molecular weight is 446 g/mol. The third kappa shape index (κ3) is 4.02. The standard InChI is InChI=1S/C21H20BFN8O2/c1-25-31(13-5-3-2-4-6-13)21(28-24)30-9-7-29(8-10-30)20(33)18(32)14-11-26-17-16(14)15(23)12-27-19(17)22/h2-6,11-12,26H,1,7-10,24H2/b28-21-. The summed E-state index contributed by atoms with van der Waals surface area (Å²) in [4.78, 5) is 35.4. The minimum atomic E-state index is -0.828. The third-order valence-electron chi connectivity index (χ3n) is 5.43. The number of rotatable bonds is 4. The van der Waals surface area contributed by atoms with Crippen molar-refractivity contribution in [2.45, 2.75) is 0 Å². The number of carbonyl (C=O) groups excluding carboxylic acids is 2. The number of benzene rings is 1. The maximum absolute atomic E-state index is 14.3. The van der Waals surface area contributed by atoms with E-state index in [0.717, 1.165) is 11.9 Å². The van der Waals surface area contributed by atoms with E-state index in [2.05, 4.69) is 26.9 Å². The van der Waals surface area contributed by atoms with Crippen LogP contribution < -0.4 is 16.4 Å². The lowest BCUT2D eigenvalue weighted by molar-refractivity contribution is -0.127. The largest absolute Gasteiger partial charge is 0.360 e. The molecule has 1 aliphatic heterocycles. The number of H-pyrrole nitrogens is 1. The van der Waals surface area contributed by atoms with E-state index in [1.165, 1.54) is 16.1 Å². The smallest absolute Gasteiger partial charge is 0.295 e. The molecule has 0 bridgehead atoms. The molecule has 0 aliphatic carbocycles. The summed E-state index contributed by atoms with van der Waals surface area (Å²) in [6.45, 7) is 4.77. The summed E-state index contributed by atoms with van der Waals surface area (Å²) in [7, 11) is 5.73. The normalized spacial score (nSPS) is 14.4. The number of aromatic amines is 1. The highest BCUT2D eigenvalue weighted by molar-refractivity contribution is 6.46. The Morgan fingerprint density at radius 1 is 1.18 bits per heavy atom. The van der Waals surface area contributed by atoms with Gasteiger partial charge in [-0.05, 0) is 12.1 Å². The van der Waals surface area contributed by atoms with Gasteiger partial charge in [-0.3, -0.25) is 14.6 Å². The number of carbonyl (C=O) groups is 2. The van der Waals surface area contributed by atoms with Crippen molar-refractivity contribution >= 4 is 54.4 Å². The van der Waals surface area contributed by atoms with Crippen molar-refractivity contribution < 1.29 is 14.0 Å². The molecular weight excluding hydrogens is 426 g/mol. The van der Waals surface area contributed by atoms with E-state index in [0.29, 0.717) is 19.0 Å². The first kappa shape index (κ1) is 22.0. The Labute approximate surface area is 190 Å². The topological polar surface area (TPSA) is 123 Å². The maximum atomic E-state index is 14.3. The highest BCUT2D eigenvalue weighted by Gasteiger charge is 2.31. The molecule has 2 aromatic heterocycles.